The summed E-state index contributed by atoms with van der Waals surface area (Å²) in [6.07, 6.45) is 6.09. The van der Waals surface area contributed by atoms with Crippen LogP contribution in [0.3, 0.4) is 0 Å². The minimum atomic E-state index is 0.932. The van der Waals surface area contributed by atoms with Crippen LogP contribution in [0.15, 0.2) is 41.0 Å². The van der Waals surface area contributed by atoms with E-state index in [0.717, 1.165) is 12.4 Å². The quantitative estimate of drug-likeness (QED) is 0.652. The van der Waals surface area contributed by atoms with Crippen LogP contribution < -0.4 is 5.32 Å². The highest BCUT2D eigenvalue weighted by Crippen LogP contribution is 2.19. The highest BCUT2D eigenvalue weighted by atomic mass is 15.1. The Bertz CT molecular complexity index is 467. The van der Waals surface area contributed by atoms with Crippen molar-refractivity contribution in [3.8, 4) is 0 Å². The molecule has 0 unspecified atom stereocenters. The lowest BCUT2D eigenvalue weighted by Gasteiger charge is -2.23. The van der Waals surface area contributed by atoms with E-state index in [4.69, 9.17) is 0 Å². The first-order chi connectivity index (χ1) is 6.93. The minimum Gasteiger partial charge on any atom is -0.366 e. The molecule has 0 amide bonds. The lowest BCUT2D eigenvalue weighted by molar-refractivity contribution is 0.925. The molecule has 0 aliphatic carbocycles. The molecule has 0 spiro atoms. The van der Waals surface area contributed by atoms with Gasteiger partial charge in [-0.05, 0) is 23.3 Å². The van der Waals surface area contributed by atoms with Crippen molar-refractivity contribution in [2.45, 2.75) is 0 Å². The van der Waals surface area contributed by atoms with Gasteiger partial charge in [0.05, 0.1) is 0 Å². The number of benzene rings is 1. The van der Waals surface area contributed by atoms with Gasteiger partial charge in [-0.3, -0.25) is 0 Å². The lowest BCUT2D eigenvalue weighted by atomic mass is 10.00. The summed E-state index contributed by atoms with van der Waals surface area (Å²) in [7, 11) is 0. The van der Waals surface area contributed by atoms with Gasteiger partial charge in [-0.15, -0.1) is 0 Å². The van der Waals surface area contributed by atoms with Crippen LogP contribution in [0.1, 0.15) is 11.1 Å². The number of nitrogens with zero attached hydrogens (tertiary/aromatic N) is 1. The Kier molecular flexibility index (Phi) is 1.53. The van der Waals surface area contributed by atoms with Gasteiger partial charge in [-0.1, -0.05) is 24.3 Å². The van der Waals surface area contributed by atoms with Crippen molar-refractivity contribution in [1.82, 2.24) is 5.32 Å². The third-order valence-electron chi connectivity index (χ3n) is 2.53. The fourth-order valence-corrected chi connectivity index (χ4v) is 1.69. The first kappa shape index (κ1) is 7.56. The van der Waals surface area contributed by atoms with Crippen LogP contribution in [0.25, 0.3) is 12.2 Å². The Hall–Kier alpha value is -1.83. The van der Waals surface area contributed by atoms with E-state index in [9.17, 15) is 0 Å². The molecule has 1 fully saturated rings. The van der Waals surface area contributed by atoms with E-state index >= 15 is 0 Å². The number of rotatable bonds is 0. The molecule has 0 aromatic heterocycles. The van der Waals surface area contributed by atoms with Crippen LogP contribution in [-0.4, -0.2) is 12.4 Å². The Morgan fingerprint density at radius 2 is 2.00 bits per heavy atom. The zero-order valence-electron chi connectivity index (χ0n) is 7.70. The van der Waals surface area contributed by atoms with E-state index in [1.807, 2.05) is 18.3 Å². The topological polar surface area (TPSA) is 24.4 Å². The Morgan fingerprint density at radius 3 is 2.79 bits per heavy atom. The van der Waals surface area contributed by atoms with Gasteiger partial charge in [0, 0.05) is 18.3 Å². The zero-order chi connectivity index (χ0) is 9.38. The predicted molar refractivity (Wildman–Crippen MR) is 58.9 cm³/mol. The third kappa shape index (κ3) is 1.08. The molecule has 0 atom stereocenters. The molecular weight excluding hydrogens is 172 g/mol. The standard InChI is InChI=1S/C12H10N2/c1-2-4-10-7-11-8-14-12(11)13-6-5-9(10)3-1/h1-7H,8H2,(H,13,14). The van der Waals surface area contributed by atoms with Crippen LogP contribution in [-0.2, 0) is 0 Å². The summed E-state index contributed by atoms with van der Waals surface area (Å²) < 4.78 is 0. The van der Waals surface area contributed by atoms with Gasteiger partial charge in [0.25, 0.3) is 0 Å². The van der Waals surface area contributed by atoms with E-state index in [0.29, 0.717) is 0 Å². The molecule has 2 aliphatic heterocycles. The number of aliphatic imine (C=N–C) groups is 1. The first-order valence-corrected chi connectivity index (χ1v) is 4.72. The van der Waals surface area contributed by atoms with Crippen molar-refractivity contribution in [1.29, 1.82) is 0 Å². The van der Waals surface area contributed by atoms with Crippen molar-refractivity contribution in [3.05, 3.63) is 47.2 Å². The normalized spacial score (nSPS) is 27.1. The Balaban J connectivity index is 2.18. The number of fused-ring (bicyclic) bond motifs is 2. The lowest BCUT2D eigenvalue weighted by Crippen LogP contribution is -2.41. The van der Waals surface area contributed by atoms with Crippen LogP contribution in [0.2, 0.25) is 0 Å². The number of amidine groups is 1. The molecule has 68 valence electrons. The maximum Gasteiger partial charge on any atom is 0.131 e. The molecule has 3 rings (SSSR count). The van der Waals surface area contributed by atoms with E-state index < -0.39 is 0 Å². The summed E-state index contributed by atoms with van der Waals surface area (Å²) in [6, 6.07) is 8.35. The zero-order valence-corrected chi connectivity index (χ0v) is 7.70. The summed E-state index contributed by atoms with van der Waals surface area (Å²) in [5, 5.41) is 3.18. The second kappa shape index (κ2) is 2.84. The van der Waals surface area contributed by atoms with Crippen molar-refractivity contribution in [2.75, 3.05) is 6.54 Å². The fourth-order valence-electron chi connectivity index (χ4n) is 1.69. The van der Waals surface area contributed by atoms with Crippen molar-refractivity contribution in [2.24, 2.45) is 4.99 Å². The first-order valence-electron chi connectivity index (χ1n) is 4.72. The van der Waals surface area contributed by atoms with Crippen LogP contribution >= 0.6 is 0 Å². The van der Waals surface area contributed by atoms with Crippen molar-refractivity contribution >= 4 is 18.0 Å². The maximum atomic E-state index is 4.31. The molecule has 1 aromatic rings. The largest absolute Gasteiger partial charge is 0.366 e. The molecule has 0 saturated carbocycles. The van der Waals surface area contributed by atoms with Crippen LogP contribution in [0.5, 0.6) is 0 Å². The summed E-state index contributed by atoms with van der Waals surface area (Å²) in [5.74, 6) is 1.01. The highest BCUT2D eigenvalue weighted by molar-refractivity contribution is 6.09. The molecule has 2 heteroatoms. The summed E-state index contributed by atoms with van der Waals surface area (Å²) in [4.78, 5) is 4.31. The van der Waals surface area contributed by atoms with Crippen LogP contribution in [0.4, 0.5) is 0 Å². The molecule has 1 aromatic carbocycles. The summed E-state index contributed by atoms with van der Waals surface area (Å²) >= 11 is 0. The van der Waals surface area contributed by atoms with Gasteiger partial charge in [0.1, 0.15) is 5.84 Å². The van der Waals surface area contributed by atoms with E-state index in [-0.39, 0.29) is 0 Å². The number of nitrogens with one attached hydrogen (secondary N) is 1. The fraction of sp³-hybridized carbons (Fsp3) is 0.0833. The van der Waals surface area contributed by atoms with Gasteiger partial charge in [-0.2, -0.15) is 0 Å². The predicted octanol–water partition coefficient (Wildman–Crippen LogP) is 2.06. The van der Waals surface area contributed by atoms with Gasteiger partial charge in [-0.25, -0.2) is 4.99 Å². The molecule has 2 aliphatic rings. The number of hydrogen-bond acceptors (Lipinski definition) is 2. The monoisotopic (exact) mass is 182 g/mol. The van der Waals surface area contributed by atoms with Crippen molar-refractivity contribution in [3.63, 3.8) is 0 Å². The van der Waals surface area contributed by atoms with Gasteiger partial charge in [0.15, 0.2) is 0 Å². The SMILES string of the molecule is C1=C\c2ccccc2/C=C2/CN/C2=N/1. The third-order valence-corrected chi connectivity index (χ3v) is 2.53. The summed E-state index contributed by atoms with van der Waals surface area (Å²) in [5.41, 5.74) is 3.80. The smallest absolute Gasteiger partial charge is 0.131 e. The highest BCUT2D eigenvalue weighted by Gasteiger charge is 2.17. The van der Waals surface area contributed by atoms with Crippen molar-refractivity contribution < 1.29 is 0 Å². The Morgan fingerprint density at radius 1 is 1.14 bits per heavy atom. The number of hydrogen-bond donors (Lipinski definition) is 1. The molecule has 2 nitrogen and oxygen atoms in total. The maximum absolute atomic E-state index is 4.31. The molecular formula is C12H10N2. The molecule has 0 radical (unpaired) electrons. The van der Waals surface area contributed by atoms with Gasteiger partial charge < -0.3 is 5.32 Å². The van der Waals surface area contributed by atoms with E-state index in [1.54, 1.807) is 0 Å². The molecule has 1 saturated heterocycles. The van der Waals surface area contributed by atoms with Gasteiger partial charge in [0.2, 0.25) is 0 Å². The molecule has 14 heavy (non-hydrogen) atoms. The molecule has 1 N–H and O–H groups in total. The second-order valence-corrected chi connectivity index (χ2v) is 3.45. The molecule has 0 bridgehead atoms. The van der Waals surface area contributed by atoms with E-state index in [1.165, 1.54) is 16.7 Å². The average Bonchev–Trinajstić information content (AvgIpc) is 2.19. The second-order valence-electron chi connectivity index (χ2n) is 3.45. The van der Waals surface area contributed by atoms with E-state index in [2.05, 4.69) is 34.6 Å². The minimum absolute atomic E-state index is 0.932. The van der Waals surface area contributed by atoms with Crippen LogP contribution in [0, 0.1) is 0 Å². The van der Waals surface area contributed by atoms with Gasteiger partial charge >= 0.3 is 0 Å². The summed E-state index contributed by atoms with van der Waals surface area (Å²) in [6.45, 7) is 0.932. The average molecular weight is 182 g/mol. The molecule has 2 heterocycles. The Labute approximate surface area is 82.7 Å².